The number of nitrogens with one attached hydrogen (secondary N) is 2. The van der Waals surface area contributed by atoms with Crippen LogP contribution in [0.25, 0.3) is 0 Å². The van der Waals surface area contributed by atoms with Crippen molar-refractivity contribution in [1.29, 1.82) is 0 Å². The molecule has 0 bridgehead atoms. The van der Waals surface area contributed by atoms with Crippen molar-refractivity contribution in [2.24, 2.45) is 0 Å². The maximum atomic E-state index is 13.7. The van der Waals surface area contributed by atoms with E-state index >= 15 is 0 Å². The summed E-state index contributed by atoms with van der Waals surface area (Å²) in [6.45, 7) is 2.76. The Balaban J connectivity index is 2.34. The molecule has 1 unspecified atom stereocenters. The standard InChI is InChI=1S/C13H16FN3O/c1-3-15-12(13-16-6-7-17-13)9-4-5-11(18-2)10(14)8-9/h4-8,12,15H,3H2,1-2H3,(H,16,17). The normalized spacial score (nSPS) is 12.4. The highest BCUT2D eigenvalue weighted by atomic mass is 19.1. The lowest BCUT2D eigenvalue weighted by atomic mass is 10.1. The lowest BCUT2D eigenvalue weighted by Gasteiger charge is -2.16. The van der Waals surface area contributed by atoms with Crippen molar-refractivity contribution < 1.29 is 9.13 Å². The number of methoxy groups -OCH3 is 1. The van der Waals surface area contributed by atoms with Crippen molar-refractivity contribution in [2.45, 2.75) is 13.0 Å². The van der Waals surface area contributed by atoms with E-state index in [1.807, 2.05) is 13.0 Å². The first-order valence-corrected chi connectivity index (χ1v) is 5.82. The average molecular weight is 249 g/mol. The van der Waals surface area contributed by atoms with Crippen molar-refractivity contribution in [3.8, 4) is 5.75 Å². The number of hydrogen-bond acceptors (Lipinski definition) is 3. The summed E-state index contributed by atoms with van der Waals surface area (Å²) in [6, 6.07) is 4.77. The Morgan fingerprint density at radius 3 is 2.89 bits per heavy atom. The number of nitrogens with zero attached hydrogens (tertiary/aromatic N) is 1. The smallest absolute Gasteiger partial charge is 0.165 e. The fraction of sp³-hybridized carbons (Fsp3) is 0.308. The van der Waals surface area contributed by atoms with Gasteiger partial charge < -0.3 is 15.0 Å². The lowest BCUT2D eigenvalue weighted by Crippen LogP contribution is -2.23. The van der Waals surface area contributed by atoms with Crippen molar-refractivity contribution in [2.75, 3.05) is 13.7 Å². The number of benzene rings is 1. The molecule has 0 fully saturated rings. The average Bonchev–Trinajstić information content (AvgIpc) is 2.89. The third kappa shape index (κ3) is 2.51. The molecule has 5 heteroatoms. The molecule has 1 aromatic carbocycles. The van der Waals surface area contributed by atoms with Crippen LogP contribution in [0.15, 0.2) is 30.6 Å². The first kappa shape index (κ1) is 12.6. The van der Waals surface area contributed by atoms with E-state index in [2.05, 4.69) is 15.3 Å². The molecule has 0 aliphatic heterocycles. The van der Waals surface area contributed by atoms with Crippen LogP contribution in [0.2, 0.25) is 0 Å². The molecule has 0 saturated heterocycles. The molecule has 2 aromatic rings. The molecule has 0 aliphatic rings. The predicted molar refractivity (Wildman–Crippen MR) is 67.1 cm³/mol. The summed E-state index contributed by atoms with van der Waals surface area (Å²) in [5.41, 5.74) is 0.810. The van der Waals surface area contributed by atoms with Gasteiger partial charge in [0.25, 0.3) is 0 Å². The Morgan fingerprint density at radius 2 is 2.33 bits per heavy atom. The van der Waals surface area contributed by atoms with Crippen molar-refractivity contribution in [1.82, 2.24) is 15.3 Å². The van der Waals surface area contributed by atoms with Crippen LogP contribution < -0.4 is 10.1 Å². The molecular formula is C13H16FN3O. The zero-order chi connectivity index (χ0) is 13.0. The Kier molecular flexibility index (Phi) is 3.94. The van der Waals surface area contributed by atoms with E-state index in [1.165, 1.54) is 13.2 Å². The highest BCUT2D eigenvalue weighted by Gasteiger charge is 2.17. The van der Waals surface area contributed by atoms with Crippen LogP contribution in [0.4, 0.5) is 4.39 Å². The molecule has 0 aliphatic carbocycles. The summed E-state index contributed by atoms with van der Waals surface area (Å²) >= 11 is 0. The first-order valence-electron chi connectivity index (χ1n) is 5.82. The fourth-order valence-electron chi connectivity index (χ4n) is 1.87. The zero-order valence-corrected chi connectivity index (χ0v) is 10.4. The van der Waals surface area contributed by atoms with Gasteiger partial charge in [-0.2, -0.15) is 0 Å². The highest BCUT2D eigenvalue weighted by Crippen LogP contribution is 2.24. The maximum absolute atomic E-state index is 13.7. The SMILES string of the molecule is CCNC(c1ccc(OC)c(F)c1)c1ncc[nH]1. The molecule has 2 N–H and O–H groups in total. The molecule has 1 atom stereocenters. The summed E-state index contributed by atoms with van der Waals surface area (Å²) in [4.78, 5) is 7.25. The van der Waals surface area contributed by atoms with Crippen LogP contribution in [-0.2, 0) is 0 Å². The minimum absolute atomic E-state index is 0.148. The van der Waals surface area contributed by atoms with Gasteiger partial charge in [0.2, 0.25) is 0 Å². The number of H-pyrrole nitrogens is 1. The third-order valence-corrected chi connectivity index (χ3v) is 2.71. The van der Waals surface area contributed by atoms with E-state index in [0.29, 0.717) is 0 Å². The number of rotatable bonds is 5. The van der Waals surface area contributed by atoms with Gasteiger partial charge in [-0.1, -0.05) is 13.0 Å². The molecule has 1 aromatic heterocycles. The van der Waals surface area contributed by atoms with E-state index in [1.54, 1.807) is 18.5 Å². The molecule has 96 valence electrons. The zero-order valence-electron chi connectivity index (χ0n) is 10.4. The highest BCUT2D eigenvalue weighted by molar-refractivity contribution is 5.33. The molecule has 2 rings (SSSR count). The summed E-state index contributed by atoms with van der Waals surface area (Å²) in [5, 5.41) is 3.26. The molecular weight excluding hydrogens is 233 g/mol. The van der Waals surface area contributed by atoms with Gasteiger partial charge in [0.05, 0.1) is 13.2 Å². The number of aromatic nitrogens is 2. The van der Waals surface area contributed by atoms with Gasteiger partial charge in [0.15, 0.2) is 11.6 Å². The number of aromatic amines is 1. The van der Waals surface area contributed by atoms with Crippen LogP contribution in [0.3, 0.4) is 0 Å². The van der Waals surface area contributed by atoms with Gasteiger partial charge >= 0.3 is 0 Å². The van der Waals surface area contributed by atoms with Gasteiger partial charge in [-0.3, -0.25) is 0 Å². The van der Waals surface area contributed by atoms with E-state index in [4.69, 9.17) is 4.74 Å². The molecule has 0 saturated carbocycles. The van der Waals surface area contributed by atoms with Crippen molar-refractivity contribution in [3.63, 3.8) is 0 Å². The topological polar surface area (TPSA) is 49.9 Å². The van der Waals surface area contributed by atoms with E-state index in [9.17, 15) is 4.39 Å². The van der Waals surface area contributed by atoms with Crippen LogP contribution in [0.1, 0.15) is 24.4 Å². The number of ether oxygens (including phenoxy) is 1. The Hall–Kier alpha value is -1.88. The van der Waals surface area contributed by atoms with Crippen LogP contribution in [0.5, 0.6) is 5.75 Å². The predicted octanol–water partition coefficient (Wildman–Crippen LogP) is 2.26. The molecule has 18 heavy (non-hydrogen) atoms. The van der Waals surface area contributed by atoms with Gasteiger partial charge in [-0.15, -0.1) is 0 Å². The Morgan fingerprint density at radius 1 is 1.50 bits per heavy atom. The molecule has 0 amide bonds. The van der Waals surface area contributed by atoms with E-state index in [0.717, 1.165) is 17.9 Å². The minimum atomic E-state index is -0.371. The van der Waals surface area contributed by atoms with Crippen LogP contribution >= 0.6 is 0 Å². The van der Waals surface area contributed by atoms with Gasteiger partial charge in [-0.05, 0) is 24.2 Å². The Labute approximate surface area is 105 Å². The van der Waals surface area contributed by atoms with Gasteiger partial charge in [0.1, 0.15) is 5.82 Å². The van der Waals surface area contributed by atoms with Crippen molar-refractivity contribution >= 4 is 0 Å². The minimum Gasteiger partial charge on any atom is -0.494 e. The van der Waals surface area contributed by atoms with E-state index < -0.39 is 0 Å². The second-order valence-corrected chi connectivity index (χ2v) is 3.86. The van der Waals surface area contributed by atoms with Gasteiger partial charge in [-0.25, -0.2) is 9.37 Å². The fourth-order valence-corrected chi connectivity index (χ4v) is 1.87. The third-order valence-electron chi connectivity index (χ3n) is 2.71. The summed E-state index contributed by atoms with van der Waals surface area (Å²) in [5.74, 6) is 0.638. The molecule has 1 heterocycles. The number of imidazole rings is 1. The monoisotopic (exact) mass is 249 g/mol. The summed E-state index contributed by atoms with van der Waals surface area (Å²) < 4.78 is 18.6. The number of halogens is 1. The first-order chi connectivity index (χ1) is 8.76. The van der Waals surface area contributed by atoms with Crippen molar-refractivity contribution in [3.05, 3.63) is 47.8 Å². The molecule has 4 nitrogen and oxygen atoms in total. The second kappa shape index (κ2) is 5.64. The van der Waals surface area contributed by atoms with Gasteiger partial charge in [0, 0.05) is 12.4 Å². The number of hydrogen-bond donors (Lipinski definition) is 2. The Bertz CT molecular complexity index is 499. The maximum Gasteiger partial charge on any atom is 0.165 e. The summed E-state index contributed by atoms with van der Waals surface area (Å²) in [6.07, 6.45) is 3.43. The van der Waals surface area contributed by atoms with Crippen LogP contribution in [-0.4, -0.2) is 23.6 Å². The molecule has 0 radical (unpaired) electrons. The quantitative estimate of drug-likeness (QED) is 0.854. The second-order valence-electron chi connectivity index (χ2n) is 3.86. The lowest BCUT2D eigenvalue weighted by molar-refractivity contribution is 0.385. The largest absolute Gasteiger partial charge is 0.494 e. The molecule has 0 spiro atoms. The summed E-state index contributed by atoms with van der Waals surface area (Å²) in [7, 11) is 1.45. The van der Waals surface area contributed by atoms with Crippen LogP contribution in [0, 0.1) is 5.82 Å². The van der Waals surface area contributed by atoms with E-state index in [-0.39, 0.29) is 17.6 Å².